The maximum Gasteiger partial charge on any atom is 0.256 e. The topological polar surface area (TPSA) is 46.3 Å². The molecule has 0 aromatic heterocycles. The number of benzene rings is 1. The highest BCUT2D eigenvalue weighted by atomic mass is 79.9. The van der Waals surface area contributed by atoms with Crippen molar-refractivity contribution >= 4 is 21.8 Å². The summed E-state index contributed by atoms with van der Waals surface area (Å²) in [5, 5.41) is 0. The van der Waals surface area contributed by atoms with Crippen LogP contribution in [0.4, 0.5) is 4.39 Å². The maximum atomic E-state index is 13.7. The van der Waals surface area contributed by atoms with Crippen molar-refractivity contribution in [2.45, 2.75) is 13.3 Å². The van der Waals surface area contributed by atoms with Gasteiger partial charge in [-0.1, -0.05) is 22.9 Å². The van der Waals surface area contributed by atoms with Gasteiger partial charge in [-0.2, -0.15) is 0 Å². The highest BCUT2D eigenvalue weighted by Gasteiger charge is 2.29. The molecule has 19 heavy (non-hydrogen) atoms. The van der Waals surface area contributed by atoms with Gasteiger partial charge in [-0.05, 0) is 43.0 Å². The van der Waals surface area contributed by atoms with Crippen molar-refractivity contribution in [1.29, 1.82) is 0 Å². The van der Waals surface area contributed by atoms with Crippen LogP contribution >= 0.6 is 15.9 Å². The van der Waals surface area contributed by atoms with Gasteiger partial charge < -0.3 is 10.6 Å². The highest BCUT2D eigenvalue weighted by Crippen LogP contribution is 2.25. The lowest BCUT2D eigenvalue weighted by atomic mass is 9.87. The first-order valence-electron chi connectivity index (χ1n) is 6.47. The molecule has 0 radical (unpaired) electrons. The first-order valence-corrected chi connectivity index (χ1v) is 7.26. The van der Waals surface area contributed by atoms with Crippen LogP contribution in [0.25, 0.3) is 0 Å². The quantitative estimate of drug-likeness (QED) is 0.907. The van der Waals surface area contributed by atoms with Crippen molar-refractivity contribution in [1.82, 2.24) is 4.90 Å². The number of nitrogens with zero attached hydrogens (tertiary/aromatic N) is 1. The third-order valence-corrected chi connectivity index (χ3v) is 4.36. The molecule has 1 aromatic carbocycles. The van der Waals surface area contributed by atoms with Gasteiger partial charge in [0.25, 0.3) is 5.91 Å². The Labute approximate surface area is 121 Å². The molecular formula is C14H18BrFN2O. The van der Waals surface area contributed by atoms with Crippen LogP contribution in [0.1, 0.15) is 23.7 Å². The molecule has 1 saturated heterocycles. The third kappa shape index (κ3) is 3.15. The maximum absolute atomic E-state index is 13.7. The van der Waals surface area contributed by atoms with Crippen LogP contribution < -0.4 is 5.73 Å². The van der Waals surface area contributed by atoms with Gasteiger partial charge in [-0.15, -0.1) is 0 Å². The number of hydrogen-bond donors (Lipinski definition) is 1. The fraction of sp³-hybridized carbons (Fsp3) is 0.500. The van der Waals surface area contributed by atoms with Crippen molar-refractivity contribution in [3.8, 4) is 0 Å². The molecule has 1 fully saturated rings. The summed E-state index contributed by atoms with van der Waals surface area (Å²) in [5.74, 6) is 0.0922. The summed E-state index contributed by atoms with van der Waals surface area (Å²) < 4.78 is 14.4. The molecule has 0 aliphatic carbocycles. The molecule has 104 valence electrons. The molecule has 2 N–H and O–H groups in total. The number of carbonyl (C=O) groups excluding carboxylic acids is 1. The molecule has 2 rings (SSSR count). The zero-order valence-electron chi connectivity index (χ0n) is 10.9. The zero-order valence-corrected chi connectivity index (χ0v) is 12.5. The Balaban J connectivity index is 2.18. The van der Waals surface area contributed by atoms with E-state index in [-0.39, 0.29) is 11.5 Å². The molecule has 1 aliphatic heterocycles. The summed E-state index contributed by atoms with van der Waals surface area (Å²) in [5.41, 5.74) is 5.85. The lowest BCUT2D eigenvalue weighted by molar-refractivity contribution is 0.0614. The summed E-state index contributed by atoms with van der Waals surface area (Å²) >= 11 is 3.27. The van der Waals surface area contributed by atoms with Crippen LogP contribution in [0.5, 0.6) is 0 Å². The van der Waals surface area contributed by atoms with E-state index in [1.165, 1.54) is 12.1 Å². The second-order valence-electron chi connectivity index (χ2n) is 5.14. The largest absolute Gasteiger partial charge is 0.338 e. The fourth-order valence-electron chi connectivity index (χ4n) is 2.47. The summed E-state index contributed by atoms with van der Waals surface area (Å²) in [4.78, 5) is 14.1. The molecule has 1 heterocycles. The minimum Gasteiger partial charge on any atom is -0.338 e. The van der Waals surface area contributed by atoms with Crippen molar-refractivity contribution in [3.05, 3.63) is 34.1 Å². The Hall–Kier alpha value is -0.940. The van der Waals surface area contributed by atoms with Gasteiger partial charge in [-0.25, -0.2) is 4.39 Å². The highest BCUT2D eigenvalue weighted by molar-refractivity contribution is 9.10. The Kier molecular flexibility index (Phi) is 4.58. The van der Waals surface area contributed by atoms with Crippen molar-refractivity contribution in [3.63, 3.8) is 0 Å². The number of hydrogen-bond acceptors (Lipinski definition) is 2. The summed E-state index contributed by atoms with van der Waals surface area (Å²) in [7, 11) is 0. The minimum absolute atomic E-state index is 0.125. The summed E-state index contributed by atoms with van der Waals surface area (Å²) in [6.45, 7) is 4.00. The zero-order chi connectivity index (χ0) is 14.0. The van der Waals surface area contributed by atoms with Crippen LogP contribution in [-0.2, 0) is 0 Å². The van der Waals surface area contributed by atoms with Gasteiger partial charge in [0.05, 0.1) is 5.56 Å². The molecule has 2 unspecified atom stereocenters. The molecule has 1 aromatic rings. The molecule has 0 saturated carbocycles. The van der Waals surface area contributed by atoms with Crippen LogP contribution in [0.15, 0.2) is 22.7 Å². The second-order valence-corrected chi connectivity index (χ2v) is 6.05. The van der Waals surface area contributed by atoms with Gasteiger partial charge >= 0.3 is 0 Å². The van der Waals surface area contributed by atoms with E-state index in [1.807, 2.05) is 0 Å². The van der Waals surface area contributed by atoms with Crippen molar-refractivity contribution in [2.24, 2.45) is 17.6 Å². The fourth-order valence-corrected chi connectivity index (χ4v) is 2.83. The van der Waals surface area contributed by atoms with E-state index in [0.29, 0.717) is 35.9 Å². The predicted molar refractivity (Wildman–Crippen MR) is 76.3 cm³/mol. The lowest BCUT2D eigenvalue weighted by Gasteiger charge is -2.36. The third-order valence-electron chi connectivity index (χ3n) is 3.86. The van der Waals surface area contributed by atoms with E-state index >= 15 is 0 Å². The molecule has 0 bridgehead atoms. The number of halogens is 2. The molecule has 1 aliphatic rings. The van der Waals surface area contributed by atoms with Gasteiger partial charge in [0, 0.05) is 17.6 Å². The van der Waals surface area contributed by atoms with Gasteiger partial charge in [-0.3, -0.25) is 4.79 Å². The Bertz CT molecular complexity index is 481. The SMILES string of the molecule is CC1CCN(C(=O)c2cc(Br)ccc2F)CC1CN. The molecule has 2 atom stereocenters. The number of nitrogens with two attached hydrogens (primary N) is 1. The van der Waals surface area contributed by atoms with Gasteiger partial charge in [0.15, 0.2) is 0 Å². The van der Waals surface area contributed by atoms with Crippen LogP contribution in [0, 0.1) is 17.7 Å². The predicted octanol–water partition coefficient (Wildman–Crippen LogP) is 2.65. The molecular weight excluding hydrogens is 311 g/mol. The second kappa shape index (κ2) is 6.01. The molecule has 0 spiro atoms. The van der Waals surface area contributed by atoms with E-state index < -0.39 is 5.82 Å². The van der Waals surface area contributed by atoms with Gasteiger partial charge in [0.1, 0.15) is 5.82 Å². The van der Waals surface area contributed by atoms with Gasteiger partial charge in [0.2, 0.25) is 0 Å². The van der Waals surface area contributed by atoms with E-state index in [4.69, 9.17) is 5.73 Å². The monoisotopic (exact) mass is 328 g/mol. The van der Waals surface area contributed by atoms with E-state index in [9.17, 15) is 9.18 Å². The number of rotatable bonds is 2. The Morgan fingerprint density at radius 3 is 3.00 bits per heavy atom. The normalized spacial score (nSPS) is 23.5. The molecule has 3 nitrogen and oxygen atoms in total. The smallest absolute Gasteiger partial charge is 0.256 e. The number of amides is 1. The molecule has 5 heteroatoms. The molecule has 1 amide bonds. The van der Waals surface area contributed by atoms with E-state index in [0.717, 1.165) is 6.42 Å². The minimum atomic E-state index is -0.476. The Morgan fingerprint density at radius 2 is 2.32 bits per heavy atom. The van der Waals surface area contributed by atoms with Crippen LogP contribution in [0.3, 0.4) is 0 Å². The van der Waals surface area contributed by atoms with E-state index in [2.05, 4.69) is 22.9 Å². The van der Waals surface area contributed by atoms with E-state index in [1.54, 1.807) is 11.0 Å². The number of carbonyl (C=O) groups is 1. The first-order chi connectivity index (χ1) is 9.02. The van der Waals surface area contributed by atoms with Crippen LogP contribution in [-0.4, -0.2) is 30.4 Å². The average molecular weight is 329 g/mol. The standard InChI is InChI=1S/C14H18BrFN2O/c1-9-4-5-18(8-10(9)7-17)14(19)12-6-11(15)2-3-13(12)16/h2-3,6,9-10H,4-5,7-8,17H2,1H3. The Morgan fingerprint density at radius 1 is 1.58 bits per heavy atom. The first kappa shape index (κ1) is 14.5. The van der Waals surface area contributed by atoms with Crippen molar-refractivity contribution < 1.29 is 9.18 Å². The average Bonchev–Trinajstić information content (AvgIpc) is 2.41. The summed E-state index contributed by atoms with van der Waals surface area (Å²) in [6.07, 6.45) is 0.920. The lowest BCUT2D eigenvalue weighted by Crippen LogP contribution is -2.45. The number of piperidine rings is 1. The number of likely N-dealkylation sites (tertiary alicyclic amines) is 1. The van der Waals surface area contributed by atoms with Crippen molar-refractivity contribution in [2.75, 3.05) is 19.6 Å². The van der Waals surface area contributed by atoms with Crippen LogP contribution in [0.2, 0.25) is 0 Å². The summed E-state index contributed by atoms with van der Waals surface area (Å²) in [6, 6.07) is 4.44.